The molecule has 0 aliphatic rings. The molecule has 0 radical (unpaired) electrons. The van der Waals surface area contributed by atoms with Gasteiger partial charge in [0, 0.05) is 12.2 Å². The van der Waals surface area contributed by atoms with Crippen molar-refractivity contribution < 1.29 is 28.5 Å². The molecule has 0 amide bonds. The molecule has 16 heavy (non-hydrogen) atoms. The third-order valence-electron chi connectivity index (χ3n) is 2.15. The summed E-state index contributed by atoms with van der Waals surface area (Å²) in [7, 11) is 0. The van der Waals surface area contributed by atoms with E-state index in [1.807, 2.05) is 0 Å². The van der Waals surface area contributed by atoms with E-state index in [1.54, 1.807) is 0 Å². The second-order valence-corrected chi connectivity index (χ2v) is 3.28. The maximum absolute atomic E-state index is 12.5. The van der Waals surface area contributed by atoms with Gasteiger partial charge in [-0.3, -0.25) is 0 Å². The molecule has 0 spiro atoms. The lowest BCUT2D eigenvalue weighted by Crippen LogP contribution is -2.09. The fourth-order valence-corrected chi connectivity index (χ4v) is 1.40. The van der Waals surface area contributed by atoms with Gasteiger partial charge in [0.05, 0.1) is 5.56 Å². The summed E-state index contributed by atoms with van der Waals surface area (Å²) >= 11 is 0. The van der Waals surface area contributed by atoms with E-state index in [0.29, 0.717) is 6.07 Å². The van der Waals surface area contributed by atoms with Crippen molar-refractivity contribution in [1.82, 2.24) is 0 Å². The maximum atomic E-state index is 12.5. The van der Waals surface area contributed by atoms with Crippen LogP contribution in [0.4, 0.5) is 13.2 Å². The highest BCUT2D eigenvalue weighted by atomic mass is 19.4. The van der Waals surface area contributed by atoms with Gasteiger partial charge >= 0.3 is 6.18 Å². The van der Waals surface area contributed by atoms with E-state index in [2.05, 4.69) is 0 Å². The third-order valence-corrected chi connectivity index (χ3v) is 2.15. The Hall–Kier alpha value is -1.43. The molecule has 0 saturated heterocycles. The fourth-order valence-electron chi connectivity index (χ4n) is 1.40. The first-order valence-electron chi connectivity index (χ1n) is 4.59. The number of hydrogen-bond donors (Lipinski definition) is 3. The third kappa shape index (κ3) is 2.57. The topological polar surface area (TPSA) is 60.7 Å². The molecule has 0 aliphatic heterocycles. The highest BCUT2D eigenvalue weighted by Crippen LogP contribution is 2.40. The van der Waals surface area contributed by atoms with Crippen LogP contribution in [0, 0.1) is 0 Å². The Morgan fingerprint density at radius 2 is 1.75 bits per heavy atom. The van der Waals surface area contributed by atoms with Gasteiger partial charge in [-0.25, -0.2) is 0 Å². The number of rotatable bonds is 3. The number of aliphatic hydroxyl groups is 1. The van der Waals surface area contributed by atoms with E-state index in [4.69, 9.17) is 10.2 Å². The fraction of sp³-hybridized carbons (Fsp3) is 0.400. The quantitative estimate of drug-likeness (QED) is 0.704. The SMILES string of the molecule is OCCCc1c(C(F)(F)F)ccc(O)c1O. The van der Waals surface area contributed by atoms with Crippen LogP contribution in [0.25, 0.3) is 0 Å². The number of phenolic OH excluding ortho intramolecular Hbond substituents is 2. The summed E-state index contributed by atoms with van der Waals surface area (Å²) in [4.78, 5) is 0. The van der Waals surface area contributed by atoms with Gasteiger partial charge in [0.15, 0.2) is 11.5 Å². The molecule has 0 atom stereocenters. The van der Waals surface area contributed by atoms with Gasteiger partial charge in [-0.2, -0.15) is 13.2 Å². The summed E-state index contributed by atoms with van der Waals surface area (Å²) in [5.41, 5.74) is -1.38. The van der Waals surface area contributed by atoms with Crippen LogP contribution in [0.2, 0.25) is 0 Å². The Balaban J connectivity index is 3.22. The number of halogens is 3. The van der Waals surface area contributed by atoms with Gasteiger partial charge in [-0.1, -0.05) is 0 Å². The molecule has 0 saturated carbocycles. The molecule has 0 aliphatic carbocycles. The Labute approximate surface area is 89.8 Å². The lowest BCUT2D eigenvalue weighted by molar-refractivity contribution is -0.138. The van der Waals surface area contributed by atoms with Crippen molar-refractivity contribution in [2.45, 2.75) is 19.0 Å². The summed E-state index contributed by atoms with van der Waals surface area (Å²) < 4.78 is 37.6. The number of benzene rings is 1. The first-order chi connectivity index (χ1) is 7.38. The molecule has 1 aromatic rings. The van der Waals surface area contributed by atoms with Crippen LogP contribution in [0.1, 0.15) is 17.5 Å². The molecule has 1 aromatic carbocycles. The van der Waals surface area contributed by atoms with E-state index in [9.17, 15) is 18.3 Å². The zero-order chi connectivity index (χ0) is 12.3. The monoisotopic (exact) mass is 236 g/mol. The van der Waals surface area contributed by atoms with Crippen molar-refractivity contribution in [3.05, 3.63) is 23.3 Å². The molecule has 0 fully saturated rings. The van der Waals surface area contributed by atoms with Crippen molar-refractivity contribution in [3.63, 3.8) is 0 Å². The molecule has 90 valence electrons. The van der Waals surface area contributed by atoms with Crippen molar-refractivity contribution >= 4 is 0 Å². The summed E-state index contributed by atoms with van der Waals surface area (Å²) in [6.07, 6.45) is -4.65. The molecule has 1 rings (SSSR count). The minimum Gasteiger partial charge on any atom is -0.504 e. The second kappa shape index (κ2) is 4.61. The van der Waals surface area contributed by atoms with Crippen molar-refractivity contribution in [1.29, 1.82) is 0 Å². The average molecular weight is 236 g/mol. The summed E-state index contributed by atoms with van der Waals surface area (Å²) in [6.45, 7) is -0.285. The normalized spacial score (nSPS) is 11.8. The van der Waals surface area contributed by atoms with E-state index >= 15 is 0 Å². The zero-order valence-electron chi connectivity index (χ0n) is 8.25. The Kier molecular flexibility index (Phi) is 3.64. The first-order valence-corrected chi connectivity index (χ1v) is 4.59. The molecule has 0 unspecified atom stereocenters. The average Bonchev–Trinajstić information content (AvgIpc) is 2.18. The smallest absolute Gasteiger partial charge is 0.416 e. The van der Waals surface area contributed by atoms with Gasteiger partial charge in [-0.15, -0.1) is 0 Å². The van der Waals surface area contributed by atoms with Crippen LogP contribution >= 0.6 is 0 Å². The minimum atomic E-state index is -4.59. The van der Waals surface area contributed by atoms with E-state index in [-0.39, 0.29) is 25.0 Å². The van der Waals surface area contributed by atoms with Gasteiger partial charge in [0.25, 0.3) is 0 Å². The molecular weight excluding hydrogens is 225 g/mol. The van der Waals surface area contributed by atoms with E-state index in [1.165, 1.54) is 0 Å². The number of hydrogen-bond acceptors (Lipinski definition) is 3. The number of aromatic hydroxyl groups is 2. The molecule has 3 nitrogen and oxygen atoms in total. The number of aliphatic hydroxyl groups excluding tert-OH is 1. The van der Waals surface area contributed by atoms with Crippen LogP contribution in [-0.4, -0.2) is 21.9 Å². The number of alkyl halides is 3. The van der Waals surface area contributed by atoms with Crippen LogP contribution in [0.15, 0.2) is 12.1 Å². The van der Waals surface area contributed by atoms with E-state index in [0.717, 1.165) is 6.07 Å². The standard InChI is InChI=1S/C10H11F3O3/c11-10(12,13)7-3-4-8(15)9(16)6(7)2-1-5-14/h3-4,14-16H,1-2,5H2. The lowest BCUT2D eigenvalue weighted by atomic mass is 10.0. The van der Waals surface area contributed by atoms with Crippen LogP contribution in [0.3, 0.4) is 0 Å². The van der Waals surface area contributed by atoms with Gasteiger partial charge in [-0.05, 0) is 25.0 Å². The number of phenols is 2. The van der Waals surface area contributed by atoms with Gasteiger partial charge in [0.1, 0.15) is 0 Å². The largest absolute Gasteiger partial charge is 0.504 e. The molecular formula is C10H11F3O3. The predicted molar refractivity (Wildman–Crippen MR) is 50.2 cm³/mol. The molecule has 0 aromatic heterocycles. The molecule has 0 bridgehead atoms. The predicted octanol–water partition coefficient (Wildman–Crippen LogP) is 2.04. The molecule has 3 N–H and O–H groups in total. The maximum Gasteiger partial charge on any atom is 0.416 e. The summed E-state index contributed by atoms with van der Waals surface area (Å²) in [5, 5.41) is 27.0. The lowest BCUT2D eigenvalue weighted by Gasteiger charge is -2.14. The van der Waals surface area contributed by atoms with Crippen molar-refractivity contribution in [2.24, 2.45) is 0 Å². The van der Waals surface area contributed by atoms with Crippen molar-refractivity contribution in [3.8, 4) is 11.5 Å². The minimum absolute atomic E-state index is 0.0834. The van der Waals surface area contributed by atoms with Gasteiger partial charge < -0.3 is 15.3 Å². The van der Waals surface area contributed by atoms with Crippen LogP contribution in [0.5, 0.6) is 11.5 Å². The van der Waals surface area contributed by atoms with E-state index < -0.39 is 23.2 Å². The summed E-state index contributed by atoms with van der Waals surface area (Å²) in [5.74, 6) is -1.37. The summed E-state index contributed by atoms with van der Waals surface area (Å²) in [6, 6.07) is 1.50. The van der Waals surface area contributed by atoms with Crippen LogP contribution < -0.4 is 0 Å². The molecule has 6 heteroatoms. The highest BCUT2D eigenvalue weighted by Gasteiger charge is 2.34. The Morgan fingerprint density at radius 1 is 1.12 bits per heavy atom. The second-order valence-electron chi connectivity index (χ2n) is 3.28. The highest BCUT2D eigenvalue weighted by molar-refractivity contribution is 5.50. The Morgan fingerprint density at radius 3 is 2.25 bits per heavy atom. The van der Waals surface area contributed by atoms with Gasteiger partial charge in [0.2, 0.25) is 0 Å². The van der Waals surface area contributed by atoms with Crippen LogP contribution in [-0.2, 0) is 12.6 Å². The van der Waals surface area contributed by atoms with Crippen molar-refractivity contribution in [2.75, 3.05) is 6.61 Å². The molecule has 0 heterocycles. The zero-order valence-corrected chi connectivity index (χ0v) is 8.25. The Bertz CT molecular complexity index is 374. The first kappa shape index (κ1) is 12.6.